The van der Waals surface area contributed by atoms with Gasteiger partial charge in [-0.3, -0.25) is 4.79 Å². The Labute approximate surface area is 162 Å². The zero-order valence-corrected chi connectivity index (χ0v) is 16.3. The summed E-state index contributed by atoms with van der Waals surface area (Å²) in [5.74, 6) is 2.52. The summed E-state index contributed by atoms with van der Waals surface area (Å²) in [6, 6.07) is 13.4. The van der Waals surface area contributed by atoms with E-state index in [1.807, 2.05) is 56.3 Å². The van der Waals surface area contributed by atoms with E-state index in [0.29, 0.717) is 23.2 Å². The monoisotopic (exact) mass is 383 g/mol. The highest BCUT2D eigenvalue weighted by atomic mass is 32.2. The maximum absolute atomic E-state index is 12.2. The average molecular weight is 383 g/mol. The molecule has 2 aromatic carbocycles. The normalized spacial score (nSPS) is 10.6. The zero-order valence-electron chi connectivity index (χ0n) is 15.5. The fourth-order valence-electron chi connectivity index (χ4n) is 2.59. The van der Waals surface area contributed by atoms with Crippen LogP contribution in [0.4, 0.5) is 5.69 Å². The molecule has 7 heteroatoms. The van der Waals surface area contributed by atoms with Crippen LogP contribution in [0.15, 0.2) is 47.0 Å². The molecule has 27 heavy (non-hydrogen) atoms. The lowest BCUT2D eigenvalue weighted by Crippen LogP contribution is -2.15. The van der Waals surface area contributed by atoms with Gasteiger partial charge in [0.1, 0.15) is 5.75 Å². The standard InChI is InChI=1S/C20H21N3O3S/c1-13-5-4-6-14(2)19(13)21-17(24)11-27-12-18-22-20(23-26-18)15-7-9-16(25-3)10-8-15/h4-10H,11-12H2,1-3H3,(H,21,24). The number of nitrogens with one attached hydrogen (secondary N) is 1. The summed E-state index contributed by atoms with van der Waals surface area (Å²) < 4.78 is 10.4. The predicted octanol–water partition coefficient (Wildman–Crippen LogP) is 4.23. The maximum Gasteiger partial charge on any atom is 0.236 e. The molecule has 140 valence electrons. The van der Waals surface area contributed by atoms with E-state index in [9.17, 15) is 4.79 Å². The van der Waals surface area contributed by atoms with Gasteiger partial charge >= 0.3 is 0 Å². The Balaban J connectivity index is 1.52. The number of amides is 1. The third kappa shape index (κ3) is 4.89. The van der Waals surface area contributed by atoms with E-state index in [4.69, 9.17) is 9.26 Å². The van der Waals surface area contributed by atoms with Crippen LogP contribution in [0.2, 0.25) is 0 Å². The molecule has 6 nitrogen and oxygen atoms in total. The van der Waals surface area contributed by atoms with E-state index in [1.165, 1.54) is 11.8 Å². The molecule has 0 saturated heterocycles. The van der Waals surface area contributed by atoms with Gasteiger partial charge in [0.2, 0.25) is 17.6 Å². The predicted molar refractivity (Wildman–Crippen MR) is 107 cm³/mol. The number of methoxy groups -OCH3 is 1. The first-order valence-electron chi connectivity index (χ1n) is 8.47. The molecule has 0 radical (unpaired) electrons. The third-order valence-corrected chi connectivity index (χ3v) is 4.94. The van der Waals surface area contributed by atoms with Gasteiger partial charge in [-0.05, 0) is 49.2 Å². The molecule has 0 atom stereocenters. The maximum atomic E-state index is 12.2. The summed E-state index contributed by atoms with van der Waals surface area (Å²) in [6.45, 7) is 3.96. The van der Waals surface area contributed by atoms with Gasteiger partial charge in [-0.25, -0.2) is 0 Å². The highest BCUT2D eigenvalue weighted by Crippen LogP contribution is 2.22. The number of carbonyl (C=O) groups excluding carboxylic acids is 1. The zero-order chi connectivity index (χ0) is 19.2. The third-order valence-electron chi connectivity index (χ3n) is 4.02. The van der Waals surface area contributed by atoms with Gasteiger partial charge in [-0.1, -0.05) is 23.4 Å². The summed E-state index contributed by atoms with van der Waals surface area (Å²) in [5, 5.41) is 6.96. The van der Waals surface area contributed by atoms with E-state index in [1.54, 1.807) is 7.11 Å². The largest absolute Gasteiger partial charge is 0.497 e. The molecule has 1 aromatic heterocycles. The van der Waals surface area contributed by atoms with Crippen LogP contribution in [0.25, 0.3) is 11.4 Å². The Morgan fingerprint density at radius 1 is 1.15 bits per heavy atom. The average Bonchev–Trinajstić information content (AvgIpc) is 3.14. The van der Waals surface area contributed by atoms with Gasteiger partial charge in [-0.2, -0.15) is 4.98 Å². The molecule has 0 aliphatic rings. The van der Waals surface area contributed by atoms with Gasteiger partial charge in [0, 0.05) is 11.3 Å². The number of hydrogen-bond donors (Lipinski definition) is 1. The Hall–Kier alpha value is -2.80. The number of hydrogen-bond acceptors (Lipinski definition) is 6. The molecule has 3 aromatic rings. The number of ether oxygens (including phenoxy) is 1. The fraction of sp³-hybridized carbons (Fsp3) is 0.250. The molecule has 0 aliphatic carbocycles. The molecule has 0 aliphatic heterocycles. The fourth-order valence-corrected chi connectivity index (χ4v) is 3.24. The highest BCUT2D eigenvalue weighted by Gasteiger charge is 2.11. The lowest BCUT2D eigenvalue weighted by atomic mass is 10.1. The molecular weight excluding hydrogens is 362 g/mol. The molecule has 3 rings (SSSR count). The van der Waals surface area contributed by atoms with Crippen LogP contribution >= 0.6 is 11.8 Å². The molecule has 0 fully saturated rings. The van der Waals surface area contributed by atoms with Gasteiger partial charge in [-0.15, -0.1) is 11.8 Å². The number of carbonyl (C=O) groups is 1. The number of aryl methyl sites for hydroxylation is 2. The van der Waals surface area contributed by atoms with Crippen molar-refractivity contribution < 1.29 is 14.1 Å². The van der Waals surface area contributed by atoms with E-state index >= 15 is 0 Å². The smallest absolute Gasteiger partial charge is 0.236 e. The van der Waals surface area contributed by atoms with Crippen LogP contribution in [-0.4, -0.2) is 28.9 Å². The van der Waals surface area contributed by atoms with E-state index in [-0.39, 0.29) is 5.91 Å². The number of thioether (sulfide) groups is 1. The van der Waals surface area contributed by atoms with Gasteiger partial charge in [0.15, 0.2) is 0 Å². The second-order valence-electron chi connectivity index (χ2n) is 6.05. The number of para-hydroxylation sites is 1. The summed E-state index contributed by atoms with van der Waals surface area (Å²) in [5.41, 5.74) is 3.83. The molecule has 0 unspecified atom stereocenters. The topological polar surface area (TPSA) is 77.2 Å². The van der Waals surface area contributed by atoms with Crippen LogP contribution < -0.4 is 10.1 Å². The molecule has 1 heterocycles. The minimum Gasteiger partial charge on any atom is -0.497 e. The van der Waals surface area contributed by atoms with Gasteiger partial charge < -0.3 is 14.6 Å². The number of rotatable bonds is 7. The first kappa shape index (κ1) is 19.0. The van der Waals surface area contributed by atoms with Crippen molar-refractivity contribution in [1.82, 2.24) is 10.1 Å². The van der Waals surface area contributed by atoms with Crippen LogP contribution in [0.1, 0.15) is 17.0 Å². The van der Waals surface area contributed by atoms with Gasteiger partial charge in [0.25, 0.3) is 0 Å². The molecular formula is C20H21N3O3S. The van der Waals surface area contributed by atoms with Crippen molar-refractivity contribution in [3.05, 3.63) is 59.5 Å². The van der Waals surface area contributed by atoms with Crippen molar-refractivity contribution in [2.45, 2.75) is 19.6 Å². The van der Waals surface area contributed by atoms with Crippen molar-refractivity contribution in [3.8, 4) is 17.1 Å². The van der Waals surface area contributed by atoms with Crippen molar-refractivity contribution in [3.63, 3.8) is 0 Å². The molecule has 1 amide bonds. The van der Waals surface area contributed by atoms with Crippen LogP contribution in [0.3, 0.4) is 0 Å². The second-order valence-corrected chi connectivity index (χ2v) is 7.03. The van der Waals surface area contributed by atoms with Crippen molar-refractivity contribution in [2.24, 2.45) is 0 Å². The van der Waals surface area contributed by atoms with E-state index < -0.39 is 0 Å². The Morgan fingerprint density at radius 2 is 1.85 bits per heavy atom. The van der Waals surface area contributed by atoms with Crippen molar-refractivity contribution in [2.75, 3.05) is 18.2 Å². The van der Waals surface area contributed by atoms with Crippen LogP contribution in [-0.2, 0) is 10.5 Å². The lowest BCUT2D eigenvalue weighted by Gasteiger charge is -2.10. The first-order valence-corrected chi connectivity index (χ1v) is 9.63. The lowest BCUT2D eigenvalue weighted by molar-refractivity contribution is -0.113. The van der Waals surface area contributed by atoms with Crippen LogP contribution in [0, 0.1) is 13.8 Å². The summed E-state index contributed by atoms with van der Waals surface area (Å²) in [4.78, 5) is 16.6. The number of aromatic nitrogens is 2. The Kier molecular flexibility index (Phi) is 6.13. The molecule has 0 spiro atoms. The molecule has 0 saturated carbocycles. The quantitative estimate of drug-likeness (QED) is 0.658. The Bertz CT molecular complexity index is 902. The number of benzene rings is 2. The van der Waals surface area contributed by atoms with E-state index in [2.05, 4.69) is 15.5 Å². The van der Waals surface area contributed by atoms with Crippen molar-refractivity contribution in [1.29, 1.82) is 0 Å². The number of anilines is 1. The first-order chi connectivity index (χ1) is 13.1. The second kappa shape index (κ2) is 8.73. The summed E-state index contributed by atoms with van der Waals surface area (Å²) in [7, 11) is 1.62. The molecule has 1 N–H and O–H groups in total. The summed E-state index contributed by atoms with van der Waals surface area (Å²) >= 11 is 1.43. The molecule has 0 bridgehead atoms. The summed E-state index contributed by atoms with van der Waals surface area (Å²) in [6.07, 6.45) is 0. The minimum absolute atomic E-state index is 0.0488. The SMILES string of the molecule is COc1ccc(-c2noc(CSCC(=O)Nc3c(C)cccc3C)n2)cc1. The minimum atomic E-state index is -0.0488. The highest BCUT2D eigenvalue weighted by molar-refractivity contribution is 7.99. The van der Waals surface area contributed by atoms with Crippen LogP contribution in [0.5, 0.6) is 5.75 Å². The number of nitrogens with zero attached hydrogens (tertiary/aromatic N) is 2. The van der Waals surface area contributed by atoms with Gasteiger partial charge in [0.05, 0.1) is 18.6 Å². The Morgan fingerprint density at radius 3 is 2.52 bits per heavy atom. The van der Waals surface area contributed by atoms with E-state index in [0.717, 1.165) is 28.1 Å². The van der Waals surface area contributed by atoms with Crippen molar-refractivity contribution >= 4 is 23.4 Å².